The Hall–Kier alpha value is -2.75. The van der Waals surface area contributed by atoms with Gasteiger partial charge in [-0.25, -0.2) is 0 Å². The molecule has 23 heavy (non-hydrogen) atoms. The molecule has 0 unspecified atom stereocenters. The average Bonchev–Trinajstić information content (AvgIpc) is 3.05. The molecule has 0 atom stereocenters. The van der Waals surface area contributed by atoms with Crippen molar-refractivity contribution in [2.24, 2.45) is 0 Å². The quantitative estimate of drug-likeness (QED) is 0.763. The molecule has 0 aliphatic rings. The zero-order valence-electron chi connectivity index (χ0n) is 13.6. The predicted octanol–water partition coefficient (Wildman–Crippen LogP) is 4.32. The number of aromatic nitrogens is 2. The fraction of sp³-hybridized carbons (Fsp3) is 0.211. The zero-order chi connectivity index (χ0) is 16.2. The van der Waals surface area contributed by atoms with Crippen LogP contribution in [-0.4, -0.2) is 24.4 Å². The monoisotopic (exact) mass is 308 g/mol. The first-order valence-electron chi connectivity index (χ1n) is 7.63. The topological polar surface area (TPSA) is 47.1 Å². The minimum Gasteiger partial charge on any atom is -0.497 e. The van der Waals surface area contributed by atoms with Gasteiger partial charge in [0.15, 0.2) is 0 Å². The number of ether oxygens (including phenoxy) is 2. The molecule has 1 heterocycles. The van der Waals surface area contributed by atoms with Crippen LogP contribution in [0.25, 0.3) is 22.5 Å². The van der Waals surface area contributed by atoms with Gasteiger partial charge in [0.1, 0.15) is 11.5 Å². The molecule has 0 radical (unpaired) electrons. The Balaban J connectivity index is 2.09. The van der Waals surface area contributed by atoms with E-state index < -0.39 is 0 Å². The molecule has 2 aromatic carbocycles. The van der Waals surface area contributed by atoms with Crippen LogP contribution in [0.4, 0.5) is 0 Å². The molecule has 0 bridgehead atoms. The van der Waals surface area contributed by atoms with Gasteiger partial charge < -0.3 is 9.47 Å². The van der Waals surface area contributed by atoms with Crippen LogP contribution in [0.1, 0.15) is 12.5 Å². The Labute approximate surface area is 136 Å². The molecule has 0 aliphatic heterocycles. The van der Waals surface area contributed by atoms with E-state index in [0.717, 1.165) is 40.4 Å². The molecule has 3 aromatic rings. The van der Waals surface area contributed by atoms with Gasteiger partial charge in [-0.15, -0.1) is 0 Å². The van der Waals surface area contributed by atoms with E-state index in [9.17, 15) is 0 Å². The third kappa shape index (κ3) is 2.93. The van der Waals surface area contributed by atoms with Crippen molar-refractivity contribution in [3.8, 4) is 34.0 Å². The van der Waals surface area contributed by atoms with E-state index in [-0.39, 0.29) is 0 Å². The maximum Gasteiger partial charge on any atom is 0.119 e. The summed E-state index contributed by atoms with van der Waals surface area (Å²) in [7, 11) is 3.35. The van der Waals surface area contributed by atoms with Gasteiger partial charge >= 0.3 is 0 Å². The molecule has 0 amide bonds. The van der Waals surface area contributed by atoms with E-state index in [1.807, 2.05) is 42.5 Å². The van der Waals surface area contributed by atoms with Crippen LogP contribution in [0.2, 0.25) is 0 Å². The number of nitrogens with zero attached hydrogens (tertiary/aromatic N) is 1. The summed E-state index contributed by atoms with van der Waals surface area (Å²) in [5.74, 6) is 1.66. The third-order valence-corrected chi connectivity index (χ3v) is 3.92. The Morgan fingerprint density at radius 3 is 2.13 bits per heavy atom. The molecule has 0 aliphatic carbocycles. The fourth-order valence-corrected chi connectivity index (χ4v) is 2.74. The number of nitrogens with one attached hydrogen (secondary N) is 1. The maximum atomic E-state index is 5.32. The summed E-state index contributed by atoms with van der Waals surface area (Å²) in [4.78, 5) is 0. The van der Waals surface area contributed by atoms with Crippen molar-refractivity contribution in [2.75, 3.05) is 14.2 Å². The maximum absolute atomic E-state index is 5.32. The molecular weight excluding hydrogens is 288 g/mol. The minimum atomic E-state index is 0.829. The molecular formula is C19H20N2O2. The van der Waals surface area contributed by atoms with Crippen molar-refractivity contribution in [3.63, 3.8) is 0 Å². The molecule has 0 saturated carbocycles. The van der Waals surface area contributed by atoms with Gasteiger partial charge in [0.25, 0.3) is 0 Å². The van der Waals surface area contributed by atoms with E-state index in [4.69, 9.17) is 9.47 Å². The minimum absolute atomic E-state index is 0.829. The SMILES string of the molecule is CCc1c(-c2cccc(OC)c2)n[nH]c1-c1cccc(OC)c1. The highest BCUT2D eigenvalue weighted by Gasteiger charge is 2.15. The smallest absolute Gasteiger partial charge is 0.119 e. The van der Waals surface area contributed by atoms with Crippen LogP contribution in [0.15, 0.2) is 48.5 Å². The van der Waals surface area contributed by atoms with Crippen molar-refractivity contribution >= 4 is 0 Å². The van der Waals surface area contributed by atoms with E-state index >= 15 is 0 Å². The standard InChI is InChI=1S/C19H20N2O2/c1-4-17-18(13-7-5-9-15(11-13)22-2)20-21-19(17)14-8-6-10-16(12-14)23-3/h5-12H,4H2,1-3H3,(H,20,21). The summed E-state index contributed by atoms with van der Waals surface area (Å²) >= 11 is 0. The lowest BCUT2D eigenvalue weighted by atomic mass is 10.00. The lowest BCUT2D eigenvalue weighted by Crippen LogP contribution is -1.89. The molecule has 0 spiro atoms. The Kier molecular flexibility index (Phi) is 4.33. The summed E-state index contributed by atoms with van der Waals surface area (Å²) in [5, 5.41) is 7.73. The molecule has 1 N–H and O–H groups in total. The predicted molar refractivity (Wildman–Crippen MR) is 91.9 cm³/mol. The largest absolute Gasteiger partial charge is 0.497 e. The van der Waals surface area contributed by atoms with Gasteiger partial charge in [-0.2, -0.15) is 5.10 Å². The summed E-state index contributed by atoms with van der Waals surface area (Å²) in [5.41, 5.74) is 5.30. The fourth-order valence-electron chi connectivity index (χ4n) is 2.74. The van der Waals surface area contributed by atoms with Crippen LogP contribution in [0.3, 0.4) is 0 Å². The lowest BCUT2D eigenvalue weighted by molar-refractivity contribution is 0.415. The van der Waals surface area contributed by atoms with Crippen LogP contribution >= 0.6 is 0 Å². The van der Waals surface area contributed by atoms with Crippen molar-refractivity contribution < 1.29 is 9.47 Å². The van der Waals surface area contributed by atoms with Gasteiger partial charge in [-0.05, 0) is 30.7 Å². The van der Waals surface area contributed by atoms with Gasteiger partial charge in [0.05, 0.1) is 25.6 Å². The Bertz CT molecular complexity index is 744. The third-order valence-electron chi connectivity index (χ3n) is 3.92. The van der Waals surface area contributed by atoms with Crippen LogP contribution in [0, 0.1) is 0 Å². The first-order valence-corrected chi connectivity index (χ1v) is 7.63. The van der Waals surface area contributed by atoms with E-state index in [1.54, 1.807) is 14.2 Å². The van der Waals surface area contributed by atoms with Gasteiger partial charge in [-0.1, -0.05) is 31.2 Å². The number of benzene rings is 2. The van der Waals surface area contributed by atoms with E-state index in [0.29, 0.717) is 0 Å². The van der Waals surface area contributed by atoms with E-state index in [2.05, 4.69) is 23.2 Å². The number of methoxy groups -OCH3 is 2. The molecule has 1 aromatic heterocycles. The Morgan fingerprint density at radius 2 is 1.52 bits per heavy atom. The second-order valence-corrected chi connectivity index (χ2v) is 5.24. The number of hydrogen-bond acceptors (Lipinski definition) is 3. The zero-order valence-corrected chi connectivity index (χ0v) is 13.6. The number of aromatic amines is 1. The van der Waals surface area contributed by atoms with Crippen molar-refractivity contribution in [1.82, 2.24) is 10.2 Å². The second-order valence-electron chi connectivity index (χ2n) is 5.24. The highest BCUT2D eigenvalue weighted by atomic mass is 16.5. The highest BCUT2D eigenvalue weighted by Crippen LogP contribution is 2.33. The molecule has 4 heteroatoms. The number of rotatable bonds is 5. The van der Waals surface area contributed by atoms with Gasteiger partial charge in [-0.3, -0.25) is 5.10 Å². The number of H-pyrrole nitrogens is 1. The highest BCUT2D eigenvalue weighted by molar-refractivity contribution is 5.75. The van der Waals surface area contributed by atoms with Gasteiger partial charge in [0, 0.05) is 16.7 Å². The molecule has 4 nitrogen and oxygen atoms in total. The van der Waals surface area contributed by atoms with Crippen LogP contribution in [0.5, 0.6) is 11.5 Å². The van der Waals surface area contributed by atoms with Crippen molar-refractivity contribution in [3.05, 3.63) is 54.1 Å². The average molecular weight is 308 g/mol. The van der Waals surface area contributed by atoms with Gasteiger partial charge in [0.2, 0.25) is 0 Å². The number of hydrogen-bond donors (Lipinski definition) is 1. The van der Waals surface area contributed by atoms with Crippen LogP contribution in [-0.2, 0) is 6.42 Å². The molecule has 0 fully saturated rings. The summed E-state index contributed by atoms with van der Waals surface area (Å²) in [6.45, 7) is 2.14. The van der Waals surface area contributed by atoms with Crippen molar-refractivity contribution in [2.45, 2.75) is 13.3 Å². The van der Waals surface area contributed by atoms with Crippen LogP contribution < -0.4 is 9.47 Å². The normalized spacial score (nSPS) is 10.6. The Morgan fingerprint density at radius 1 is 0.913 bits per heavy atom. The lowest BCUT2D eigenvalue weighted by Gasteiger charge is -2.07. The van der Waals surface area contributed by atoms with E-state index in [1.165, 1.54) is 5.56 Å². The summed E-state index contributed by atoms with van der Waals surface area (Å²) < 4.78 is 10.6. The summed E-state index contributed by atoms with van der Waals surface area (Å²) in [6.07, 6.45) is 0.885. The second kappa shape index (κ2) is 6.57. The molecule has 3 rings (SSSR count). The first-order chi connectivity index (χ1) is 11.3. The summed E-state index contributed by atoms with van der Waals surface area (Å²) in [6, 6.07) is 16.0. The molecule has 0 saturated heterocycles. The molecule has 118 valence electrons. The first kappa shape index (κ1) is 15.2. The van der Waals surface area contributed by atoms with Crippen molar-refractivity contribution in [1.29, 1.82) is 0 Å².